The van der Waals surface area contributed by atoms with Gasteiger partial charge in [-0.3, -0.25) is 4.98 Å². The summed E-state index contributed by atoms with van der Waals surface area (Å²) in [7, 11) is 0. The maximum absolute atomic E-state index is 5.83. The number of pyridine rings is 1. The van der Waals surface area contributed by atoms with E-state index in [0.29, 0.717) is 0 Å². The Morgan fingerprint density at radius 3 is 2.80 bits per heavy atom. The third-order valence-electron chi connectivity index (χ3n) is 3.47. The third kappa shape index (κ3) is 2.43. The van der Waals surface area contributed by atoms with Crippen LogP contribution in [0.25, 0.3) is 10.9 Å². The standard InChI is InChI=1S/C17H17N3/c1-12-10-15(7-8-16(12)18)20-11-14-5-2-4-13-6-3-9-19-17(13)14/h2-10,20H,11,18H2,1H3. The van der Waals surface area contributed by atoms with Gasteiger partial charge >= 0.3 is 0 Å². The van der Waals surface area contributed by atoms with E-state index in [2.05, 4.69) is 40.6 Å². The van der Waals surface area contributed by atoms with Crippen LogP contribution in [0.4, 0.5) is 11.4 Å². The highest BCUT2D eigenvalue weighted by Crippen LogP contribution is 2.20. The van der Waals surface area contributed by atoms with E-state index in [1.54, 1.807) is 0 Å². The molecule has 0 aliphatic rings. The van der Waals surface area contributed by atoms with Crippen molar-refractivity contribution in [2.24, 2.45) is 0 Å². The van der Waals surface area contributed by atoms with Gasteiger partial charge in [-0.05, 0) is 42.3 Å². The molecular weight excluding hydrogens is 246 g/mol. The molecule has 0 atom stereocenters. The van der Waals surface area contributed by atoms with Crippen LogP contribution in [0.15, 0.2) is 54.7 Å². The maximum atomic E-state index is 5.83. The van der Waals surface area contributed by atoms with Gasteiger partial charge in [-0.2, -0.15) is 0 Å². The molecule has 0 bridgehead atoms. The molecule has 100 valence electrons. The zero-order chi connectivity index (χ0) is 13.9. The van der Waals surface area contributed by atoms with Crippen LogP contribution in [0, 0.1) is 6.92 Å². The normalized spacial score (nSPS) is 10.7. The van der Waals surface area contributed by atoms with Gasteiger partial charge in [-0.1, -0.05) is 24.3 Å². The zero-order valence-electron chi connectivity index (χ0n) is 11.4. The Morgan fingerprint density at radius 2 is 1.95 bits per heavy atom. The molecule has 2 aromatic carbocycles. The van der Waals surface area contributed by atoms with Crippen LogP contribution in [0.3, 0.4) is 0 Å². The van der Waals surface area contributed by atoms with Gasteiger partial charge < -0.3 is 11.1 Å². The molecule has 1 heterocycles. The lowest BCUT2D eigenvalue weighted by Crippen LogP contribution is -2.01. The molecule has 3 rings (SSSR count). The van der Waals surface area contributed by atoms with Crippen LogP contribution >= 0.6 is 0 Å². The van der Waals surface area contributed by atoms with Crippen molar-refractivity contribution in [2.45, 2.75) is 13.5 Å². The number of nitrogens with two attached hydrogens (primary N) is 1. The Hall–Kier alpha value is -2.55. The number of benzene rings is 2. The summed E-state index contributed by atoms with van der Waals surface area (Å²) in [5, 5.41) is 4.59. The van der Waals surface area contributed by atoms with Gasteiger partial charge in [-0.15, -0.1) is 0 Å². The predicted octanol–water partition coefficient (Wildman–Crippen LogP) is 3.74. The van der Waals surface area contributed by atoms with Crippen molar-refractivity contribution in [1.82, 2.24) is 4.98 Å². The highest BCUT2D eigenvalue weighted by Gasteiger charge is 2.02. The molecule has 0 unspecified atom stereocenters. The molecule has 3 heteroatoms. The molecule has 3 N–H and O–H groups in total. The molecule has 0 radical (unpaired) electrons. The summed E-state index contributed by atoms with van der Waals surface area (Å²) < 4.78 is 0. The minimum atomic E-state index is 0.748. The highest BCUT2D eigenvalue weighted by atomic mass is 14.9. The van der Waals surface area contributed by atoms with Gasteiger partial charge in [0.25, 0.3) is 0 Å². The number of nitrogens with one attached hydrogen (secondary N) is 1. The third-order valence-corrected chi connectivity index (χ3v) is 3.47. The smallest absolute Gasteiger partial charge is 0.0751 e. The lowest BCUT2D eigenvalue weighted by atomic mass is 10.1. The number of fused-ring (bicyclic) bond motifs is 1. The van der Waals surface area contributed by atoms with Crippen molar-refractivity contribution in [3.8, 4) is 0 Å². The number of nitrogens with zero attached hydrogens (tertiary/aromatic N) is 1. The number of hydrogen-bond donors (Lipinski definition) is 2. The number of rotatable bonds is 3. The molecule has 0 saturated heterocycles. The second-order valence-corrected chi connectivity index (χ2v) is 4.92. The average Bonchev–Trinajstić information content (AvgIpc) is 2.48. The lowest BCUT2D eigenvalue weighted by molar-refractivity contribution is 1.15. The fraction of sp³-hybridized carbons (Fsp3) is 0.118. The van der Waals surface area contributed by atoms with Crippen LogP contribution < -0.4 is 11.1 Å². The fourth-order valence-corrected chi connectivity index (χ4v) is 2.29. The summed E-state index contributed by atoms with van der Waals surface area (Å²) in [6.07, 6.45) is 1.83. The Kier molecular flexibility index (Phi) is 3.25. The number of aryl methyl sites for hydroxylation is 1. The van der Waals surface area contributed by atoms with Crippen LogP contribution in [-0.2, 0) is 6.54 Å². The van der Waals surface area contributed by atoms with Gasteiger partial charge in [0.2, 0.25) is 0 Å². The summed E-state index contributed by atoms with van der Waals surface area (Å²) in [5.74, 6) is 0. The molecule has 0 amide bonds. The summed E-state index contributed by atoms with van der Waals surface area (Å²) >= 11 is 0. The molecule has 3 aromatic rings. The number of para-hydroxylation sites is 1. The summed E-state index contributed by atoms with van der Waals surface area (Å²) in [5.41, 5.74) is 11.1. The fourth-order valence-electron chi connectivity index (χ4n) is 2.29. The van der Waals surface area contributed by atoms with Gasteiger partial charge in [0.05, 0.1) is 5.52 Å². The quantitative estimate of drug-likeness (QED) is 0.708. The molecule has 1 aromatic heterocycles. The topological polar surface area (TPSA) is 50.9 Å². The minimum Gasteiger partial charge on any atom is -0.399 e. The van der Waals surface area contributed by atoms with Crippen LogP contribution in [0.2, 0.25) is 0 Å². The second-order valence-electron chi connectivity index (χ2n) is 4.92. The van der Waals surface area contributed by atoms with E-state index >= 15 is 0 Å². The van der Waals surface area contributed by atoms with E-state index in [-0.39, 0.29) is 0 Å². The van der Waals surface area contributed by atoms with Crippen LogP contribution in [0.5, 0.6) is 0 Å². The molecule has 0 aliphatic carbocycles. The van der Waals surface area contributed by atoms with E-state index in [0.717, 1.165) is 29.0 Å². The van der Waals surface area contributed by atoms with Crippen molar-refractivity contribution in [2.75, 3.05) is 11.1 Å². The Balaban J connectivity index is 1.85. The van der Waals surface area contributed by atoms with Gasteiger partial charge in [0.1, 0.15) is 0 Å². The maximum Gasteiger partial charge on any atom is 0.0751 e. The number of anilines is 2. The highest BCUT2D eigenvalue weighted by molar-refractivity contribution is 5.81. The largest absolute Gasteiger partial charge is 0.399 e. The molecule has 3 nitrogen and oxygen atoms in total. The first-order valence-corrected chi connectivity index (χ1v) is 6.66. The zero-order valence-corrected chi connectivity index (χ0v) is 11.4. The van der Waals surface area contributed by atoms with E-state index in [1.165, 1.54) is 10.9 Å². The Labute approximate surface area is 118 Å². The second kappa shape index (κ2) is 5.21. The molecule has 0 fully saturated rings. The Bertz CT molecular complexity index is 745. The van der Waals surface area contributed by atoms with Gasteiger partial charge in [0, 0.05) is 29.5 Å². The predicted molar refractivity (Wildman–Crippen MR) is 84.7 cm³/mol. The summed E-state index contributed by atoms with van der Waals surface area (Å²) in [4.78, 5) is 4.47. The van der Waals surface area contributed by atoms with Crippen molar-refractivity contribution in [3.05, 3.63) is 65.9 Å². The van der Waals surface area contributed by atoms with Gasteiger partial charge in [0.15, 0.2) is 0 Å². The van der Waals surface area contributed by atoms with E-state index in [4.69, 9.17) is 5.73 Å². The van der Waals surface area contributed by atoms with E-state index in [9.17, 15) is 0 Å². The number of aromatic nitrogens is 1. The van der Waals surface area contributed by atoms with E-state index < -0.39 is 0 Å². The molecule has 0 aliphatic heterocycles. The monoisotopic (exact) mass is 263 g/mol. The average molecular weight is 263 g/mol. The molecular formula is C17H17N3. The summed E-state index contributed by atoms with van der Waals surface area (Å²) in [6.45, 7) is 2.76. The molecule has 0 saturated carbocycles. The first kappa shape index (κ1) is 12.5. The van der Waals surface area contributed by atoms with Crippen molar-refractivity contribution in [1.29, 1.82) is 0 Å². The van der Waals surface area contributed by atoms with Crippen molar-refractivity contribution >= 4 is 22.3 Å². The SMILES string of the molecule is Cc1cc(NCc2cccc3cccnc23)ccc1N. The summed E-state index contributed by atoms with van der Waals surface area (Å²) in [6, 6.07) is 16.3. The van der Waals surface area contributed by atoms with Crippen molar-refractivity contribution < 1.29 is 0 Å². The van der Waals surface area contributed by atoms with E-state index in [1.807, 2.05) is 31.3 Å². The Morgan fingerprint density at radius 1 is 1.10 bits per heavy atom. The molecule has 20 heavy (non-hydrogen) atoms. The van der Waals surface area contributed by atoms with Crippen LogP contribution in [-0.4, -0.2) is 4.98 Å². The number of hydrogen-bond acceptors (Lipinski definition) is 3. The molecule has 0 spiro atoms. The van der Waals surface area contributed by atoms with Crippen LogP contribution in [0.1, 0.15) is 11.1 Å². The first-order valence-electron chi connectivity index (χ1n) is 6.66. The first-order chi connectivity index (χ1) is 9.74. The minimum absolute atomic E-state index is 0.748. The van der Waals surface area contributed by atoms with Gasteiger partial charge in [-0.25, -0.2) is 0 Å². The lowest BCUT2D eigenvalue weighted by Gasteiger charge is -2.10. The number of nitrogen functional groups attached to an aromatic ring is 1. The van der Waals surface area contributed by atoms with Crippen molar-refractivity contribution in [3.63, 3.8) is 0 Å².